The van der Waals surface area contributed by atoms with E-state index >= 15 is 0 Å². The first kappa shape index (κ1) is 40.7. The van der Waals surface area contributed by atoms with E-state index in [9.17, 15) is 14.4 Å². The minimum atomic E-state index is -0.485. The highest BCUT2D eigenvalue weighted by atomic mass is 35.5. The maximum absolute atomic E-state index is 13.3. The average molecular weight is 834 g/mol. The number of aryl methyl sites for hydroxylation is 2. The number of aliphatic imine (C=N–C) groups is 1. The summed E-state index contributed by atoms with van der Waals surface area (Å²) in [6.07, 6.45) is 4.40. The smallest absolute Gasteiger partial charge is 0.225 e. The molecule has 0 saturated carbocycles. The number of pyridine rings is 1. The lowest BCUT2D eigenvalue weighted by Crippen LogP contribution is -2.49. The fourth-order valence-corrected chi connectivity index (χ4v) is 9.36. The van der Waals surface area contributed by atoms with Crippen molar-refractivity contribution in [3.8, 4) is 16.1 Å². The van der Waals surface area contributed by atoms with E-state index in [0.29, 0.717) is 95.6 Å². The number of benzene rings is 2. The lowest BCUT2D eigenvalue weighted by molar-refractivity contribution is -0.132. The van der Waals surface area contributed by atoms with Gasteiger partial charge in [-0.25, -0.2) is 4.98 Å². The number of ether oxygens (including phenoxy) is 2. The predicted molar refractivity (Wildman–Crippen MR) is 229 cm³/mol. The summed E-state index contributed by atoms with van der Waals surface area (Å²) in [6, 6.07) is 17.5. The van der Waals surface area contributed by atoms with Gasteiger partial charge in [0.05, 0.1) is 32.0 Å². The third-order valence-electron chi connectivity index (χ3n) is 11.4. The molecule has 1 atom stereocenters. The highest BCUT2D eigenvalue weighted by molar-refractivity contribution is 7.15. The molecule has 0 radical (unpaired) electrons. The van der Waals surface area contributed by atoms with E-state index in [1.165, 1.54) is 4.88 Å². The molecule has 1 fully saturated rings. The number of rotatable bonds is 15. The predicted octanol–water partition coefficient (Wildman–Crippen LogP) is 7.04. The Labute approximate surface area is 353 Å². The summed E-state index contributed by atoms with van der Waals surface area (Å²) < 4.78 is 13.5. The van der Waals surface area contributed by atoms with E-state index in [1.807, 2.05) is 48.4 Å². The molecular weight excluding hydrogens is 786 g/mol. The minimum Gasteiger partial charge on any atom is -0.379 e. The van der Waals surface area contributed by atoms with Gasteiger partial charge >= 0.3 is 0 Å². The summed E-state index contributed by atoms with van der Waals surface area (Å²) in [7, 11) is 0. The average Bonchev–Trinajstić information content (AvgIpc) is 3.88. The van der Waals surface area contributed by atoms with E-state index < -0.39 is 6.04 Å². The number of hydrogen-bond donors (Lipinski definition) is 0. The lowest BCUT2D eigenvalue weighted by atomic mass is 9.99. The van der Waals surface area contributed by atoms with Crippen molar-refractivity contribution >= 4 is 51.9 Å². The molecule has 59 heavy (non-hydrogen) atoms. The minimum absolute atomic E-state index is 0.0787. The van der Waals surface area contributed by atoms with Crippen molar-refractivity contribution in [2.75, 3.05) is 57.5 Å². The summed E-state index contributed by atoms with van der Waals surface area (Å²) in [4.78, 5) is 53.3. The molecule has 3 aliphatic rings. The van der Waals surface area contributed by atoms with Gasteiger partial charge in [-0.3, -0.25) is 23.9 Å². The molecule has 1 amide bonds. The first-order chi connectivity index (χ1) is 28.6. The number of carbonyl (C=O) groups is 3. The van der Waals surface area contributed by atoms with Crippen molar-refractivity contribution in [2.45, 2.75) is 65.3 Å². The zero-order valence-corrected chi connectivity index (χ0v) is 35.3. The summed E-state index contributed by atoms with van der Waals surface area (Å²) in [5.74, 6) is 2.76. The number of amides is 1. The number of carbonyl (C=O) groups excluding carboxylic acids is 3. The van der Waals surface area contributed by atoms with Crippen LogP contribution in [0.5, 0.6) is 0 Å². The van der Waals surface area contributed by atoms with Gasteiger partial charge in [0.2, 0.25) is 5.91 Å². The van der Waals surface area contributed by atoms with E-state index in [2.05, 4.69) is 57.8 Å². The fourth-order valence-electron chi connectivity index (χ4n) is 8.02. The highest BCUT2D eigenvalue weighted by Crippen LogP contribution is 2.40. The topological polar surface area (TPSA) is 132 Å². The van der Waals surface area contributed by atoms with Gasteiger partial charge in [0.15, 0.2) is 5.82 Å². The zero-order valence-electron chi connectivity index (χ0n) is 33.7. The molecular formula is C45H48ClN7O5S. The highest BCUT2D eigenvalue weighted by Gasteiger charge is 2.32. The van der Waals surface area contributed by atoms with Crippen molar-refractivity contribution < 1.29 is 23.9 Å². The molecule has 12 nitrogen and oxygen atoms in total. The molecule has 2 aromatic carbocycles. The molecule has 2 aliphatic heterocycles. The van der Waals surface area contributed by atoms with Gasteiger partial charge in [-0.15, -0.1) is 21.5 Å². The molecule has 5 aromatic rings. The molecule has 0 N–H and O–H groups in total. The summed E-state index contributed by atoms with van der Waals surface area (Å²) >= 11 is 7.92. The maximum Gasteiger partial charge on any atom is 0.225 e. The number of Topliss-reactive ketones (excluding diaryl/α,β-unsaturated/α-hetero) is 2. The molecule has 3 aromatic heterocycles. The summed E-state index contributed by atoms with van der Waals surface area (Å²) in [5.41, 5.74) is 8.30. The normalized spacial score (nSPS) is 16.1. The number of ketones is 2. The van der Waals surface area contributed by atoms with Gasteiger partial charge in [-0.2, -0.15) is 0 Å². The van der Waals surface area contributed by atoms with Crippen molar-refractivity contribution in [2.24, 2.45) is 4.99 Å². The van der Waals surface area contributed by atoms with Crippen LogP contribution in [0.3, 0.4) is 0 Å². The van der Waals surface area contributed by atoms with Crippen LogP contribution >= 0.6 is 22.9 Å². The molecule has 0 spiro atoms. The van der Waals surface area contributed by atoms with Crippen LogP contribution in [0, 0.1) is 20.8 Å². The zero-order chi connectivity index (χ0) is 41.0. The number of thiophene rings is 1. The molecule has 306 valence electrons. The molecule has 0 bridgehead atoms. The third-order valence-corrected chi connectivity index (χ3v) is 12.8. The van der Waals surface area contributed by atoms with Gasteiger partial charge in [0, 0.05) is 91.3 Å². The SMILES string of the molecule is Cc1sc2c(c1C)C(c1ccc(Cl)cc1)=N[C@@H](CC(=O)CCCOCCOCCC(=O)N1CCN(c3ccc(-c4ccc5c(c4)CC(=O)C5)cn3)CC1)c1nnc(C)n1-2. The van der Waals surface area contributed by atoms with Crippen molar-refractivity contribution in [1.82, 2.24) is 24.6 Å². The number of aromatic nitrogens is 4. The molecule has 8 rings (SSSR count). The second kappa shape index (κ2) is 18.0. The second-order valence-corrected chi connectivity index (χ2v) is 17.0. The Kier molecular flexibility index (Phi) is 12.4. The lowest BCUT2D eigenvalue weighted by Gasteiger charge is -2.35. The van der Waals surface area contributed by atoms with Crippen LogP contribution in [0.25, 0.3) is 16.1 Å². The van der Waals surface area contributed by atoms with E-state index in [-0.39, 0.29) is 23.9 Å². The van der Waals surface area contributed by atoms with Crippen molar-refractivity contribution in [3.63, 3.8) is 0 Å². The number of hydrogen-bond acceptors (Lipinski definition) is 11. The molecule has 14 heteroatoms. The third kappa shape index (κ3) is 9.08. The first-order valence-corrected chi connectivity index (χ1v) is 21.5. The van der Waals surface area contributed by atoms with Gasteiger partial charge in [-0.1, -0.05) is 41.9 Å². The number of fused-ring (bicyclic) bond motifs is 4. The Bertz CT molecular complexity index is 2380. The Morgan fingerprint density at radius 3 is 2.32 bits per heavy atom. The van der Waals surface area contributed by atoms with Crippen LogP contribution < -0.4 is 4.90 Å². The molecule has 1 saturated heterocycles. The van der Waals surface area contributed by atoms with E-state index in [4.69, 9.17) is 31.1 Å². The van der Waals surface area contributed by atoms with Gasteiger partial charge in [0.1, 0.15) is 34.3 Å². The quantitative estimate of drug-likeness (QED) is 0.102. The van der Waals surface area contributed by atoms with Gasteiger partial charge < -0.3 is 19.3 Å². The fraction of sp³-hybridized carbons (Fsp3) is 0.400. The summed E-state index contributed by atoms with van der Waals surface area (Å²) in [6.45, 7) is 10.4. The van der Waals surface area contributed by atoms with Crippen LogP contribution in [0.1, 0.15) is 76.1 Å². The Morgan fingerprint density at radius 1 is 0.831 bits per heavy atom. The van der Waals surface area contributed by atoms with E-state index in [0.717, 1.165) is 61.3 Å². The monoisotopic (exact) mass is 833 g/mol. The van der Waals surface area contributed by atoms with Crippen LogP contribution in [0.15, 0.2) is 65.8 Å². The second-order valence-electron chi connectivity index (χ2n) is 15.4. The van der Waals surface area contributed by atoms with Crippen molar-refractivity contribution in [3.05, 3.63) is 110 Å². The van der Waals surface area contributed by atoms with E-state index in [1.54, 1.807) is 11.3 Å². The molecule has 5 heterocycles. The van der Waals surface area contributed by atoms with Crippen LogP contribution in [0.4, 0.5) is 5.82 Å². The van der Waals surface area contributed by atoms with Crippen LogP contribution in [0.2, 0.25) is 5.02 Å². The van der Waals surface area contributed by atoms with Crippen LogP contribution in [-0.4, -0.2) is 100 Å². The van der Waals surface area contributed by atoms with Crippen LogP contribution in [-0.2, 0) is 36.7 Å². The number of anilines is 1. The summed E-state index contributed by atoms with van der Waals surface area (Å²) in [5, 5.41) is 10.6. The molecule has 0 unspecified atom stereocenters. The Balaban J connectivity index is 0.733. The van der Waals surface area contributed by atoms with Gasteiger partial charge in [0.25, 0.3) is 0 Å². The first-order valence-electron chi connectivity index (χ1n) is 20.3. The number of nitrogens with zero attached hydrogens (tertiary/aromatic N) is 7. The number of piperazine rings is 1. The number of halogens is 1. The Hall–Kier alpha value is -5.08. The largest absolute Gasteiger partial charge is 0.379 e. The maximum atomic E-state index is 13.3. The van der Waals surface area contributed by atoms with Crippen molar-refractivity contribution in [1.29, 1.82) is 0 Å². The van der Waals surface area contributed by atoms with Gasteiger partial charge in [-0.05, 0) is 73.7 Å². The molecule has 1 aliphatic carbocycles. The Morgan fingerprint density at radius 2 is 1.56 bits per heavy atom. The standard InChI is InChI=1S/C45H48ClN7O5S/c1-28-29(2)59-45-42(28)43(31-8-11-36(46)12-9-31)48-39(44-50-49-30(3)53(44)45)26-37(54)5-4-19-57-21-22-58-20-14-41(56)52-17-15-51(16-18-52)40-13-10-34(27-47-40)32-6-7-33-24-38(55)25-35(33)23-32/h6-13,23,27,39H,4-5,14-22,24-26H2,1-3H3/t39-/m0/s1.